The van der Waals surface area contributed by atoms with Gasteiger partial charge in [0, 0.05) is 19.7 Å². The fraction of sp³-hybridized carbons (Fsp3) is 0.368. The highest BCUT2D eigenvalue weighted by Crippen LogP contribution is 2.41. The largest absolute Gasteiger partial charge is 0.417 e. The molecule has 1 saturated carbocycles. The molecular formula is C19H20F3N3O3S2. The van der Waals surface area contributed by atoms with Crippen molar-refractivity contribution in [1.82, 2.24) is 4.31 Å². The molecule has 1 fully saturated rings. The molecule has 0 radical (unpaired) electrons. The molecule has 0 spiro atoms. The van der Waals surface area contributed by atoms with Crippen LogP contribution in [0.15, 0.2) is 34.5 Å². The molecule has 0 aliphatic heterocycles. The molecule has 6 nitrogen and oxygen atoms in total. The van der Waals surface area contributed by atoms with Gasteiger partial charge in [-0.15, -0.1) is 11.3 Å². The van der Waals surface area contributed by atoms with Gasteiger partial charge in [-0.05, 0) is 43.0 Å². The van der Waals surface area contributed by atoms with Gasteiger partial charge in [0.2, 0.25) is 0 Å². The lowest BCUT2D eigenvalue weighted by molar-refractivity contribution is -0.137. The van der Waals surface area contributed by atoms with E-state index in [1.165, 1.54) is 24.1 Å². The second-order valence-electron chi connectivity index (χ2n) is 6.63. The molecule has 30 heavy (non-hydrogen) atoms. The molecule has 1 aromatic carbocycles. The maximum atomic E-state index is 13.2. The minimum Gasteiger partial charge on any atom is -0.383 e. The standard InChI is InChI=1S/C19H20F3N3O3S2/c1-28-9-8-25(11-6-7-11)30-15-10-13(16(23)26)18(29-15)24-17(27)12-4-2-3-5-14(12)19(20,21)22/h2-5,10-11H,6-9H2,1H3,(H2,23,26)(H,24,27). The topological polar surface area (TPSA) is 84.7 Å². The molecule has 0 atom stereocenters. The van der Waals surface area contributed by atoms with Gasteiger partial charge in [-0.1, -0.05) is 12.1 Å². The molecule has 0 unspecified atom stereocenters. The smallest absolute Gasteiger partial charge is 0.383 e. The molecule has 2 amide bonds. The second kappa shape index (κ2) is 9.38. The number of amides is 2. The van der Waals surface area contributed by atoms with Crippen LogP contribution in [-0.2, 0) is 10.9 Å². The highest BCUT2D eigenvalue weighted by Gasteiger charge is 2.35. The number of nitrogens with zero attached hydrogens (tertiary/aromatic N) is 1. The van der Waals surface area contributed by atoms with Crippen molar-refractivity contribution in [1.29, 1.82) is 0 Å². The number of hydrogen-bond donors (Lipinski definition) is 2. The Balaban J connectivity index is 1.82. The van der Waals surface area contributed by atoms with Crippen molar-refractivity contribution in [2.75, 3.05) is 25.6 Å². The molecule has 0 bridgehead atoms. The number of halogens is 3. The van der Waals surface area contributed by atoms with Crippen molar-refractivity contribution < 1.29 is 27.5 Å². The first-order valence-corrected chi connectivity index (χ1v) is 10.6. The van der Waals surface area contributed by atoms with Crippen LogP contribution in [-0.4, -0.2) is 42.4 Å². The summed E-state index contributed by atoms with van der Waals surface area (Å²) < 4.78 is 47.6. The summed E-state index contributed by atoms with van der Waals surface area (Å²) in [6, 6.07) is 6.43. The van der Waals surface area contributed by atoms with Gasteiger partial charge in [-0.25, -0.2) is 4.31 Å². The Morgan fingerprint density at radius 2 is 2.00 bits per heavy atom. The van der Waals surface area contributed by atoms with Crippen molar-refractivity contribution in [2.24, 2.45) is 5.73 Å². The van der Waals surface area contributed by atoms with Crippen molar-refractivity contribution in [3.8, 4) is 0 Å². The number of anilines is 1. The Morgan fingerprint density at radius 1 is 1.30 bits per heavy atom. The Labute approximate surface area is 179 Å². The van der Waals surface area contributed by atoms with Crippen LogP contribution in [0.4, 0.5) is 18.2 Å². The molecule has 1 heterocycles. The van der Waals surface area contributed by atoms with E-state index in [2.05, 4.69) is 9.62 Å². The summed E-state index contributed by atoms with van der Waals surface area (Å²) in [4.78, 5) is 24.4. The summed E-state index contributed by atoms with van der Waals surface area (Å²) in [5.74, 6) is -1.73. The number of nitrogens with two attached hydrogens (primary N) is 1. The number of methoxy groups -OCH3 is 1. The van der Waals surface area contributed by atoms with Gasteiger partial charge in [-0.3, -0.25) is 9.59 Å². The van der Waals surface area contributed by atoms with Gasteiger partial charge in [0.05, 0.1) is 27.5 Å². The third-order valence-corrected chi connectivity index (χ3v) is 6.69. The van der Waals surface area contributed by atoms with E-state index in [1.807, 2.05) is 0 Å². The van der Waals surface area contributed by atoms with Crippen molar-refractivity contribution in [3.05, 3.63) is 47.0 Å². The number of carbonyl (C=O) groups is 2. The Morgan fingerprint density at radius 3 is 2.60 bits per heavy atom. The quantitative estimate of drug-likeness (QED) is 0.548. The van der Waals surface area contributed by atoms with Gasteiger partial charge in [0.1, 0.15) is 5.00 Å². The number of primary amides is 1. The molecule has 11 heteroatoms. The fourth-order valence-electron chi connectivity index (χ4n) is 2.75. The summed E-state index contributed by atoms with van der Waals surface area (Å²) in [7, 11) is 1.61. The van der Waals surface area contributed by atoms with E-state index >= 15 is 0 Å². The monoisotopic (exact) mass is 459 g/mol. The number of benzene rings is 1. The summed E-state index contributed by atoms with van der Waals surface area (Å²) in [6.45, 7) is 1.21. The number of alkyl halides is 3. The molecule has 0 saturated heterocycles. The highest BCUT2D eigenvalue weighted by atomic mass is 32.2. The minimum absolute atomic E-state index is 0.0582. The van der Waals surface area contributed by atoms with Gasteiger partial charge in [0.25, 0.3) is 11.8 Å². The van der Waals surface area contributed by atoms with E-state index in [-0.39, 0.29) is 10.6 Å². The van der Waals surface area contributed by atoms with Crippen LogP contribution in [0.2, 0.25) is 0 Å². The molecule has 162 valence electrons. The zero-order valence-electron chi connectivity index (χ0n) is 16.0. The number of rotatable bonds is 9. The van der Waals surface area contributed by atoms with Gasteiger partial charge < -0.3 is 15.8 Å². The van der Waals surface area contributed by atoms with E-state index in [0.29, 0.717) is 23.4 Å². The summed E-state index contributed by atoms with van der Waals surface area (Å²) in [5.41, 5.74) is 3.90. The van der Waals surface area contributed by atoms with Crippen LogP contribution < -0.4 is 11.1 Å². The average molecular weight is 460 g/mol. The van der Waals surface area contributed by atoms with Crippen LogP contribution in [0, 0.1) is 0 Å². The predicted octanol–water partition coefficient (Wildman–Crippen LogP) is 4.24. The molecule has 2 aromatic rings. The molecule has 3 N–H and O–H groups in total. The van der Waals surface area contributed by atoms with E-state index in [0.717, 1.165) is 36.3 Å². The Bertz CT molecular complexity index is 929. The number of hydrogen-bond acceptors (Lipinski definition) is 6. The first-order valence-electron chi connectivity index (χ1n) is 9.05. The zero-order chi connectivity index (χ0) is 21.9. The Kier molecular flexibility index (Phi) is 7.06. The maximum absolute atomic E-state index is 13.2. The van der Waals surface area contributed by atoms with Crippen molar-refractivity contribution in [3.63, 3.8) is 0 Å². The van der Waals surface area contributed by atoms with Crippen LogP contribution in [0.25, 0.3) is 0 Å². The third kappa shape index (κ3) is 5.54. The van der Waals surface area contributed by atoms with Crippen LogP contribution in [0.1, 0.15) is 39.1 Å². The third-order valence-electron chi connectivity index (χ3n) is 4.36. The number of thiophene rings is 1. The van der Waals surface area contributed by atoms with Crippen molar-refractivity contribution >= 4 is 40.1 Å². The number of nitrogens with one attached hydrogen (secondary N) is 1. The summed E-state index contributed by atoms with van der Waals surface area (Å²) >= 11 is 2.51. The lowest BCUT2D eigenvalue weighted by atomic mass is 10.1. The Hall–Kier alpha value is -2.08. The minimum atomic E-state index is -4.68. The number of ether oxygens (including phenoxy) is 1. The van der Waals surface area contributed by atoms with Gasteiger partial charge >= 0.3 is 6.18 Å². The highest BCUT2D eigenvalue weighted by molar-refractivity contribution is 7.99. The number of carbonyl (C=O) groups excluding carboxylic acids is 2. The van der Waals surface area contributed by atoms with E-state index < -0.39 is 29.1 Å². The summed E-state index contributed by atoms with van der Waals surface area (Å²) in [5, 5.41) is 2.54. The molecule has 1 aliphatic rings. The SMILES string of the molecule is COCCN(Sc1cc(C(N)=O)c(NC(=O)c2ccccc2C(F)(F)F)s1)C1CC1. The second-order valence-corrected chi connectivity index (χ2v) is 9.03. The fourth-order valence-corrected chi connectivity index (χ4v) is 5.15. The van der Waals surface area contributed by atoms with Crippen LogP contribution in [0.3, 0.4) is 0 Å². The summed E-state index contributed by atoms with van der Waals surface area (Å²) in [6.07, 6.45) is -2.56. The van der Waals surface area contributed by atoms with E-state index in [9.17, 15) is 22.8 Å². The van der Waals surface area contributed by atoms with Gasteiger partial charge in [-0.2, -0.15) is 13.2 Å². The first kappa shape index (κ1) is 22.6. The molecule has 1 aromatic heterocycles. The van der Waals surface area contributed by atoms with Crippen LogP contribution >= 0.6 is 23.3 Å². The van der Waals surface area contributed by atoms with E-state index in [4.69, 9.17) is 10.5 Å². The lowest BCUT2D eigenvalue weighted by Crippen LogP contribution is -2.22. The van der Waals surface area contributed by atoms with Gasteiger partial charge in [0.15, 0.2) is 0 Å². The molecular weight excluding hydrogens is 439 g/mol. The predicted molar refractivity (Wildman–Crippen MR) is 110 cm³/mol. The molecule has 3 rings (SSSR count). The van der Waals surface area contributed by atoms with Crippen LogP contribution in [0.5, 0.6) is 0 Å². The lowest BCUT2D eigenvalue weighted by Gasteiger charge is -2.18. The zero-order valence-corrected chi connectivity index (χ0v) is 17.6. The maximum Gasteiger partial charge on any atom is 0.417 e. The van der Waals surface area contributed by atoms with E-state index in [1.54, 1.807) is 13.2 Å². The normalized spacial score (nSPS) is 14.2. The average Bonchev–Trinajstić information content (AvgIpc) is 3.46. The van der Waals surface area contributed by atoms with Crippen molar-refractivity contribution in [2.45, 2.75) is 29.3 Å². The molecule has 1 aliphatic carbocycles. The first-order chi connectivity index (χ1) is 14.2.